The molecule has 0 fully saturated rings. The Hall–Kier alpha value is -2.68. The average Bonchev–Trinajstić information content (AvgIpc) is 3.18. The second kappa shape index (κ2) is 11.3. The minimum absolute atomic E-state index is 0.142. The van der Waals surface area contributed by atoms with E-state index in [1.807, 2.05) is 35.8 Å². The lowest BCUT2D eigenvalue weighted by atomic mass is 10.3. The van der Waals surface area contributed by atoms with Gasteiger partial charge in [-0.2, -0.15) is 0 Å². The van der Waals surface area contributed by atoms with Gasteiger partial charge in [-0.05, 0) is 49.4 Å². The Bertz CT molecular complexity index is 1090. The Balaban J connectivity index is 1.65. The lowest BCUT2D eigenvalue weighted by Crippen LogP contribution is -2.15. The quantitative estimate of drug-likeness (QED) is 0.291. The van der Waals surface area contributed by atoms with Crippen molar-refractivity contribution in [2.24, 2.45) is 0 Å². The molecule has 1 unspecified atom stereocenters. The number of aromatic nitrogens is 3. The van der Waals surface area contributed by atoms with E-state index >= 15 is 0 Å². The summed E-state index contributed by atoms with van der Waals surface area (Å²) in [5, 5.41) is 12.7. The number of halogens is 2. The molecule has 32 heavy (non-hydrogen) atoms. The molecule has 0 saturated heterocycles. The predicted molar refractivity (Wildman–Crippen MR) is 128 cm³/mol. The van der Waals surface area contributed by atoms with Crippen LogP contribution < -0.4 is 14.8 Å². The highest BCUT2D eigenvalue weighted by Gasteiger charge is 2.20. The fourth-order valence-electron chi connectivity index (χ4n) is 2.82. The van der Waals surface area contributed by atoms with E-state index in [9.17, 15) is 4.79 Å². The van der Waals surface area contributed by atoms with Gasteiger partial charge in [-0.15, -0.1) is 16.8 Å². The van der Waals surface area contributed by atoms with E-state index in [1.54, 1.807) is 31.4 Å². The molecule has 1 N–H and O–H groups in total. The second-order valence-corrected chi connectivity index (χ2v) is 8.40. The summed E-state index contributed by atoms with van der Waals surface area (Å²) >= 11 is 13.2. The Labute approximate surface area is 200 Å². The Morgan fingerprint density at radius 1 is 1.19 bits per heavy atom. The number of thioether (sulfide) groups is 1. The third kappa shape index (κ3) is 6.18. The molecule has 1 aromatic heterocycles. The van der Waals surface area contributed by atoms with Crippen molar-refractivity contribution in [2.45, 2.75) is 24.7 Å². The number of nitrogens with zero attached hydrogens (tertiary/aromatic N) is 3. The lowest BCUT2D eigenvalue weighted by molar-refractivity contribution is -0.113. The molecule has 3 rings (SSSR count). The number of anilines is 1. The van der Waals surface area contributed by atoms with Crippen LogP contribution in [-0.2, 0) is 11.3 Å². The number of amides is 1. The molecule has 2 aromatic carbocycles. The molecule has 1 amide bonds. The highest BCUT2D eigenvalue weighted by molar-refractivity contribution is 7.99. The van der Waals surface area contributed by atoms with Gasteiger partial charge in [-0.3, -0.25) is 9.36 Å². The zero-order valence-electron chi connectivity index (χ0n) is 17.5. The van der Waals surface area contributed by atoms with Gasteiger partial charge in [-0.1, -0.05) is 41.0 Å². The summed E-state index contributed by atoms with van der Waals surface area (Å²) < 4.78 is 13.0. The van der Waals surface area contributed by atoms with E-state index in [0.717, 1.165) is 5.75 Å². The number of carbonyl (C=O) groups excluding carboxylic acids is 1. The van der Waals surface area contributed by atoms with Gasteiger partial charge in [0.25, 0.3) is 0 Å². The standard InChI is InChI=1S/C22H22Cl2N4O3S/c1-4-11-28-21(14(2)31-17-8-6-16(30-3)7-9-17)26-27-22(28)32-13-20(29)25-15-5-10-18(23)19(24)12-15/h4-10,12,14H,1,11,13H2,2-3H3,(H,25,29). The van der Waals surface area contributed by atoms with Gasteiger partial charge < -0.3 is 14.8 Å². The number of ether oxygens (including phenoxy) is 2. The maximum Gasteiger partial charge on any atom is 0.234 e. The number of allylic oxidation sites excluding steroid dienone is 1. The van der Waals surface area contributed by atoms with Crippen LogP contribution in [0.15, 0.2) is 60.3 Å². The first kappa shape index (κ1) is 24.0. The van der Waals surface area contributed by atoms with Gasteiger partial charge in [-0.25, -0.2) is 0 Å². The number of methoxy groups -OCH3 is 1. The van der Waals surface area contributed by atoms with E-state index in [2.05, 4.69) is 22.1 Å². The van der Waals surface area contributed by atoms with E-state index in [1.165, 1.54) is 11.8 Å². The van der Waals surface area contributed by atoms with Crippen LogP contribution in [0.25, 0.3) is 0 Å². The summed E-state index contributed by atoms with van der Waals surface area (Å²) in [4.78, 5) is 12.4. The highest BCUT2D eigenvalue weighted by atomic mass is 35.5. The van der Waals surface area contributed by atoms with E-state index in [4.69, 9.17) is 32.7 Å². The topological polar surface area (TPSA) is 78.3 Å². The van der Waals surface area contributed by atoms with Crippen LogP contribution in [0.5, 0.6) is 11.5 Å². The van der Waals surface area contributed by atoms with E-state index in [-0.39, 0.29) is 17.8 Å². The van der Waals surface area contributed by atoms with Crippen LogP contribution in [0.4, 0.5) is 5.69 Å². The molecule has 0 aliphatic heterocycles. The van der Waals surface area contributed by atoms with Gasteiger partial charge in [0.05, 0.1) is 22.9 Å². The van der Waals surface area contributed by atoms with Crippen molar-refractivity contribution in [1.29, 1.82) is 0 Å². The Kier molecular flexibility index (Phi) is 8.44. The normalized spacial score (nSPS) is 11.6. The highest BCUT2D eigenvalue weighted by Crippen LogP contribution is 2.27. The van der Waals surface area contributed by atoms with Crippen molar-refractivity contribution >= 4 is 46.6 Å². The minimum atomic E-state index is -0.366. The van der Waals surface area contributed by atoms with Gasteiger partial charge in [0.1, 0.15) is 11.5 Å². The minimum Gasteiger partial charge on any atom is -0.497 e. The van der Waals surface area contributed by atoms with Gasteiger partial charge in [0, 0.05) is 12.2 Å². The molecule has 1 heterocycles. The van der Waals surface area contributed by atoms with Crippen molar-refractivity contribution in [3.8, 4) is 11.5 Å². The molecule has 0 bridgehead atoms. The van der Waals surface area contributed by atoms with Crippen molar-refractivity contribution in [2.75, 3.05) is 18.2 Å². The number of hydrogen-bond donors (Lipinski definition) is 1. The zero-order chi connectivity index (χ0) is 23.1. The van der Waals surface area contributed by atoms with Crippen LogP contribution in [0, 0.1) is 0 Å². The van der Waals surface area contributed by atoms with Gasteiger partial charge in [0.2, 0.25) is 5.91 Å². The molecule has 3 aromatic rings. The molecular weight excluding hydrogens is 471 g/mol. The maximum atomic E-state index is 12.4. The Morgan fingerprint density at radius 2 is 1.91 bits per heavy atom. The zero-order valence-corrected chi connectivity index (χ0v) is 19.9. The molecule has 0 radical (unpaired) electrons. The predicted octanol–water partition coefficient (Wildman–Crippen LogP) is 5.65. The maximum absolute atomic E-state index is 12.4. The first-order chi connectivity index (χ1) is 15.4. The number of hydrogen-bond acceptors (Lipinski definition) is 6. The monoisotopic (exact) mass is 492 g/mol. The number of carbonyl (C=O) groups is 1. The van der Waals surface area contributed by atoms with Crippen molar-refractivity contribution in [3.05, 3.63) is 71.0 Å². The summed E-state index contributed by atoms with van der Waals surface area (Å²) in [5.41, 5.74) is 0.569. The van der Waals surface area contributed by atoms with Crippen molar-refractivity contribution < 1.29 is 14.3 Å². The van der Waals surface area contributed by atoms with Crippen LogP contribution >= 0.6 is 35.0 Å². The molecule has 0 aliphatic carbocycles. The number of benzene rings is 2. The van der Waals surface area contributed by atoms with Crippen molar-refractivity contribution in [1.82, 2.24) is 14.8 Å². The largest absolute Gasteiger partial charge is 0.497 e. The van der Waals surface area contributed by atoms with E-state index in [0.29, 0.717) is 39.0 Å². The van der Waals surface area contributed by atoms with Crippen LogP contribution in [0.1, 0.15) is 18.9 Å². The Morgan fingerprint density at radius 3 is 2.56 bits per heavy atom. The number of rotatable bonds is 10. The molecule has 0 saturated carbocycles. The molecule has 1 atom stereocenters. The molecule has 0 aliphatic rings. The van der Waals surface area contributed by atoms with Crippen LogP contribution in [0.2, 0.25) is 10.0 Å². The third-order valence-corrected chi connectivity index (χ3v) is 6.03. The lowest BCUT2D eigenvalue weighted by Gasteiger charge is -2.16. The summed E-state index contributed by atoms with van der Waals surface area (Å²) in [6.07, 6.45) is 1.38. The smallest absolute Gasteiger partial charge is 0.234 e. The molecule has 10 heteroatoms. The molecule has 7 nitrogen and oxygen atoms in total. The fourth-order valence-corrected chi connectivity index (χ4v) is 3.87. The summed E-state index contributed by atoms with van der Waals surface area (Å²) in [5.74, 6) is 2.00. The summed E-state index contributed by atoms with van der Waals surface area (Å²) in [6.45, 7) is 6.17. The summed E-state index contributed by atoms with van der Waals surface area (Å²) in [7, 11) is 1.61. The fraction of sp³-hybridized carbons (Fsp3) is 0.227. The number of nitrogens with one attached hydrogen (secondary N) is 1. The molecular formula is C22H22Cl2N4O3S. The third-order valence-electron chi connectivity index (χ3n) is 4.33. The van der Waals surface area contributed by atoms with Gasteiger partial charge >= 0.3 is 0 Å². The summed E-state index contributed by atoms with van der Waals surface area (Å²) in [6, 6.07) is 12.2. The van der Waals surface area contributed by atoms with Crippen LogP contribution in [-0.4, -0.2) is 33.5 Å². The molecule has 0 spiro atoms. The van der Waals surface area contributed by atoms with Gasteiger partial charge in [0.15, 0.2) is 17.1 Å². The van der Waals surface area contributed by atoms with Crippen molar-refractivity contribution in [3.63, 3.8) is 0 Å². The first-order valence-electron chi connectivity index (χ1n) is 9.63. The van der Waals surface area contributed by atoms with E-state index < -0.39 is 0 Å². The van der Waals surface area contributed by atoms with Crippen LogP contribution in [0.3, 0.4) is 0 Å². The molecule has 168 valence electrons. The SMILES string of the molecule is C=CCn1c(SCC(=O)Nc2ccc(Cl)c(Cl)c2)nnc1C(C)Oc1ccc(OC)cc1. The average molecular weight is 493 g/mol. The first-order valence-corrected chi connectivity index (χ1v) is 11.4. The second-order valence-electron chi connectivity index (χ2n) is 6.64.